The van der Waals surface area contributed by atoms with Crippen LogP contribution in [0.15, 0.2) is 18.3 Å². The first-order valence-corrected chi connectivity index (χ1v) is 6.71. The van der Waals surface area contributed by atoms with Gasteiger partial charge in [0.2, 0.25) is 0 Å². The summed E-state index contributed by atoms with van der Waals surface area (Å²) in [6.07, 6.45) is 2.60. The van der Waals surface area contributed by atoms with E-state index in [1.54, 1.807) is 6.92 Å². The third-order valence-electron chi connectivity index (χ3n) is 3.24. The average molecular weight is 272 g/mol. The number of ether oxygens (including phenoxy) is 1. The number of fused-ring (bicyclic) bond motifs is 1. The highest BCUT2D eigenvalue weighted by molar-refractivity contribution is 5.89. The molecular formula is C14H16N4O2. The molecule has 0 radical (unpaired) electrons. The van der Waals surface area contributed by atoms with Gasteiger partial charge in [0, 0.05) is 31.3 Å². The Kier molecular flexibility index (Phi) is 3.47. The summed E-state index contributed by atoms with van der Waals surface area (Å²) >= 11 is 0. The van der Waals surface area contributed by atoms with Crippen LogP contribution in [0.3, 0.4) is 0 Å². The number of esters is 1. The molecule has 6 heteroatoms. The molecule has 20 heavy (non-hydrogen) atoms. The van der Waals surface area contributed by atoms with Crippen LogP contribution >= 0.6 is 0 Å². The van der Waals surface area contributed by atoms with Crippen LogP contribution in [0.2, 0.25) is 0 Å². The molecule has 3 heterocycles. The van der Waals surface area contributed by atoms with E-state index in [0.717, 1.165) is 29.9 Å². The molecule has 0 aromatic carbocycles. The lowest BCUT2D eigenvalue weighted by Gasteiger charge is -2.19. The van der Waals surface area contributed by atoms with Gasteiger partial charge in [-0.2, -0.15) is 0 Å². The van der Waals surface area contributed by atoms with Crippen LogP contribution in [0.4, 0.5) is 0 Å². The first-order chi connectivity index (χ1) is 9.79. The van der Waals surface area contributed by atoms with Gasteiger partial charge in [-0.3, -0.25) is 0 Å². The molecule has 0 aliphatic carbocycles. The van der Waals surface area contributed by atoms with Gasteiger partial charge in [-0.05, 0) is 19.1 Å². The predicted octanol–water partition coefficient (Wildman–Crippen LogP) is 1.29. The van der Waals surface area contributed by atoms with E-state index in [1.807, 2.05) is 18.3 Å². The van der Waals surface area contributed by atoms with E-state index in [4.69, 9.17) is 4.74 Å². The summed E-state index contributed by atoms with van der Waals surface area (Å²) in [5, 5.41) is 3.24. The highest BCUT2D eigenvalue weighted by atomic mass is 16.5. The summed E-state index contributed by atoms with van der Waals surface area (Å²) < 4.78 is 5.10. The Hall–Kier alpha value is -2.21. The number of carbonyl (C=O) groups excluding carboxylic acids is 1. The fourth-order valence-corrected chi connectivity index (χ4v) is 2.30. The van der Waals surface area contributed by atoms with Gasteiger partial charge in [-0.25, -0.2) is 14.8 Å². The molecule has 0 amide bonds. The van der Waals surface area contributed by atoms with Crippen molar-refractivity contribution >= 4 is 5.97 Å². The van der Waals surface area contributed by atoms with Crippen LogP contribution < -0.4 is 5.32 Å². The van der Waals surface area contributed by atoms with Crippen molar-refractivity contribution < 1.29 is 9.53 Å². The molecule has 2 aromatic rings. The molecule has 1 aliphatic heterocycles. The standard InChI is InChI=1S/C14H16N4O2/c1-2-20-14(19)12-9-8-15-7-5-10(9)17-13(18-12)11-4-3-6-16-11/h3-4,6,15-16H,2,5,7-8H2,1H3. The second-order valence-electron chi connectivity index (χ2n) is 4.55. The van der Waals surface area contributed by atoms with Crippen molar-refractivity contribution in [3.05, 3.63) is 35.3 Å². The number of nitrogens with one attached hydrogen (secondary N) is 2. The second-order valence-corrected chi connectivity index (χ2v) is 4.55. The summed E-state index contributed by atoms with van der Waals surface area (Å²) in [7, 11) is 0. The topological polar surface area (TPSA) is 79.9 Å². The molecule has 3 rings (SSSR count). The number of rotatable bonds is 3. The summed E-state index contributed by atoms with van der Waals surface area (Å²) in [5.41, 5.74) is 2.95. The van der Waals surface area contributed by atoms with E-state index in [-0.39, 0.29) is 5.97 Å². The van der Waals surface area contributed by atoms with Gasteiger partial charge < -0.3 is 15.0 Å². The molecule has 0 saturated heterocycles. The van der Waals surface area contributed by atoms with Gasteiger partial charge in [0.25, 0.3) is 0 Å². The molecule has 0 fully saturated rings. The summed E-state index contributed by atoms with van der Waals surface area (Å²) in [4.78, 5) is 24.1. The van der Waals surface area contributed by atoms with E-state index in [1.165, 1.54) is 0 Å². The van der Waals surface area contributed by atoms with Gasteiger partial charge in [0.15, 0.2) is 11.5 Å². The fourth-order valence-electron chi connectivity index (χ4n) is 2.30. The zero-order valence-corrected chi connectivity index (χ0v) is 11.3. The van der Waals surface area contributed by atoms with Gasteiger partial charge >= 0.3 is 5.97 Å². The van der Waals surface area contributed by atoms with Crippen LogP contribution in [0.25, 0.3) is 11.5 Å². The monoisotopic (exact) mass is 272 g/mol. The second kappa shape index (κ2) is 5.42. The molecule has 104 valence electrons. The molecule has 6 nitrogen and oxygen atoms in total. The van der Waals surface area contributed by atoms with Crippen molar-refractivity contribution in [2.75, 3.05) is 13.2 Å². The van der Waals surface area contributed by atoms with Crippen LogP contribution in [0, 0.1) is 0 Å². The number of hydrogen-bond donors (Lipinski definition) is 2. The van der Waals surface area contributed by atoms with Crippen molar-refractivity contribution in [1.82, 2.24) is 20.3 Å². The van der Waals surface area contributed by atoms with E-state index < -0.39 is 0 Å². The maximum atomic E-state index is 12.1. The third kappa shape index (κ3) is 2.30. The van der Waals surface area contributed by atoms with Crippen LogP contribution in [0.1, 0.15) is 28.7 Å². The first-order valence-electron chi connectivity index (χ1n) is 6.71. The fraction of sp³-hybridized carbons (Fsp3) is 0.357. The molecule has 2 N–H and O–H groups in total. The van der Waals surface area contributed by atoms with Crippen molar-refractivity contribution in [1.29, 1.82) is 0 Å². The number of nitrogens with zero attached hydrogens (tertiary/aromatic N) is 2. The van der Waals surface area contributed by atoms with Gasteiger partial charge in [-0.1, -0.05) is 0 Å². The van der Waals surface area contributed by atoms with Crippen molar-refractivity contribution in [2.45, 2.75) is 19.9 Å². The lowest BCUT2D eigenvalue weighted by Crippen LogP contribution is -2.28. The zero-order valence-electron chi connectivity index (χ0n) is 11.3. The average Bonchev–Trinajstić information content (AvgIpc) is 3.00. The van der Waals surface area contributed by atoms with Gasteiger partial charge in [-0.15, -0.1) is 0 Å². The first kappa shape index (κ1) is 12.8. The Morgan fingerprint density at radius 3 is 3.10 bits per heavy atom. The number of aromatic nitrogens is 3. The molecule has 1 aliphatic rings. The highest BCUT2D eigenvalue weighted by Crippen LogP contribution is 2.21. The molecule has 0 unspecified atom stereocenters. The minimum Gasteiger partial charge on any atom is -0.461 e. The summed E-state index contributed by atoms with van der Waals surface area (Å²) in [6.45, 7) is 3.59. The minimum absolute atomic E-state index is 0.336. The number of hydrogen-bond acceptors (Lipinski definition) is 5. The lowest BCUT2D eigenvalue weighted by molar-refractivity contribution is 0.0517. The summed E-state index contributed by atoms with van der Waals surface area (Å²) in [6, 6.07) is 3.77. The predicted molar refractivity (Wildman–Crippen MR) is 73.2 cm³/mol. The Balaban J connectivity index is 2.10. The van der Waals surface area contributed by atoms with Gasteiger partial charge in [0.1, 0.15) is 0 Å². The normalized spacial score (nSPS) is 13.8. The zero-order chi connectivity index (χ0) is 13.9. The van der Waals surface area contributed by atoms with Crippen LogP contribution in [0.5, 0.6) is 0 Å². The molecule has 0 atom stereocenters. The van der Waals surface area contributed by atoms with Crippen LogP contribution in [-0.4, -0.2) is 34.1 Å². The number of aromatic amines is 1. The van der Waals surface area contributed by atoms with Crippen molar-refractivity contribution in [3.8, 4) is 11.5 Å². The van der Waals surface area contributed by atoms with E-state index in [0.29, 0.717) is 24.7 Å². The van der Waals surface area contributed by atoms with Crippen LogP contribution in [-0.2, 0) is 17.7 Å². The Labute approximate surface area is 116 Å². The maximum absolute atomic E-state index is 12.1. The largest absolute Gasteiger partial charge is 0.461 e. The molecule has 0 saturated carbocycles. The summed E-state index contributed by atoms with van der Waals surface area (Å²) in [5.74, 6) is 0.154. The van der Waals surface area contributed by atoms with E-state index >= 15 is 0 Å². The maximum Gasteiger partial charge on any atom is 0.357 e. The molecular weight excluding hydrogens is 256 g/mol. The molecule has 0 spiro atoms. The smallest absolute Gasteiger partial charge is 0.357 e. The minimum atomic E-state index is -0.386. The third-order valence-corrected chi connectivity index (χ3v) is 3.24. The Morgan fingerprint density at radius 1 is 1.45 bits per heavy atom. The molecule has 0 bridgehead atoms. The number of carbonyl (C=O) groups is 1. The quantitative estimate of drug-likeness (QED) is 0.823. The van der Waals surface area contributed by atoms with E-state index in [9.17, 15) is 4.79 Å². The lowest BCUT2D eigenvalue weighted by atomic mass is 10.0. The Morgan fingerprint density at radius 2 is 2.35 bits per heavy atom. The Bertz CT molecular complexity index is 622. The highest BCUT2D eigenvalue weighted by Gasteiger charge is 2.23. The SMILES string of the molecule is CCOC(=O)c1nc(-c2ccc[nH]2)nc2c1CNCC2. The van der Waals surface area contributed by atoms with Crippen molar-refractivity contribution in [2.24, 2.45) is 0 Å². The van der Waals surface area contributed by atoms with E-state index in [2.05, 4.69) is 20.3 Å². The number of H-pyrrole nitrogens is 1. The van der Waals surface area contributed by atoms with Crippen molar-refractivity contribution in [3.63, 3.8) is 0 Å². The molecule has 2 aromatic heterocycles. The van der Waals surface area contributed by atoms with Gasteiger partial charge in [0.05, 0.1) is 18.0 Å².